The molecule has 3 heterocycles. The number of fused-ring (bicyclic) bond motifs is 2. The molecule has 0 aliphatic carbocycles. The summed E-state index contributed by atoms with van der Waals surface area (Å²) in [5, 5.41) is 9.33. The molecule has 1 saturated heterocycles. The molecule has 0 aromatic carbocycles. The van der Waals surface area contributed by atoms with Gasteiger partial charge < -0.3 is 24.1 Å². The topological polar surface area (TPSA) is 100 Å². The van der Waals surface area contributed by atoms with Crippen molar-refractivity contribution in [1.29, 1.82) is 0 Å². The van der Waals surface area contributed by atoms with Crippen molar-refractivity contribution in [3.63, 3.8) is 0 Å². The summed E-state index contributed by atoms with van der Waals surface area (Å²) in [6.07, 6.45) is -0.416. The minimum atomic E-state index is -1.19. The minimum Gasteiger partial charge on any atom is -0.478 e. The normalized spacial score (nSPS) is 15.6. The molecule has 2 bridgehead atoms. The van der Waals surface area contributed by atoms with Crippen LogP contribution in [0.1, 0.15) is 41.5 Å². The predicted molar refractivity (Wildman–Crippen MR) is 88.1 cm³/mol. The number of piperazine rings is 1. The zero-order valence-electron chi connectivity index (χ0n) is 14.4. The molecule has 1 fully saturated rings. The van der Waals surface area contributed by atoms with Gasteiger partial charge in [-0.1, -0.05) is 0 Å². The number of rotatable bonds is 2. The fraction of sp³-hybridized carbons (Fsp3) is 0.471. The van der Waals surface area contributed by atoms with Gasteiger partial charge >= 0.3 is 12.1 Å². The summed E-state index contributed by atoms with van der Waals surface area (Å²) in [5.41, 5.74) is -0.135. The lowest BCUT2D eigenvalue weighted by Gasteiger charge is -2.35. The summed E-state index contributed by atoms with van der Waals surface area (Å²) < 4.78 is 10.6. The largest absolute Gasteiger partial charge is 0.478 e. The molecule has 0 atom stereocenters. The van der Waals surface area contributed by atoms with E-state index in [1.54, 1.807) is 31.7 Å². The molecular weight excluding hydrogens is 328 g/mol. The van der Waals surface area contributed by atoms with Crippen molar-refractivity contribution >= 4 is 29.1 Å². The highest BCUT2D eigenvalue weighted by Crippen LogP contribution is 2.30. The van der Waals surface area contributed by atoms with Crippen LogP contribution in [0.25, 0.3) is 11.2 Å². The van der Waals surface area contributed by atoms with Crippen LogP contribution in [-0.2, 0) is 4.74 Å². The lowest BCUT2D eigenvalue weighted by Crippen LogP contribution is -2.51. The number of furan rings is 2. The number of nitrogens with zero attached hydrogens (tertiary/aromatic N) is 2. The van der Waals surface area contributed by atoms with Crippen molar-refractivity contribution in [3.8, 4) is 0 Å². The van der Waals surface area contributed by atoms with Gasteiger partial charge in [-0.25, -0.2) is 9.59 Å². The molecule has 8 heteroatoms. The first-order valence-electron chi connectivity index (χ1n) is 8.03. The van der Waals surface area contributed by atoms with E-state index in [4.69, 9.17) is 9.15 Å². The van der Waals surface area contributed by atoms with Crippen LogP contribution in [0.15, 0.2) is 16.5 Å². The Balaban J connectivity index is 1.69. The van der Waals surface area contributed by atoms with Gasteiger partial charge in [0.1, 0.15) is 27.9 Å². The molecule has 1 aliphatic rings. The van der Waals surface area contributed by atoms with Crippen LogP contribution < -0.4 is 0 Å². The molecule has 3 rings (SSSR count). The Bertz CT molecular complexity index is 811. The van der Waals surface area contributed by atoms with Crippen molar-refractivity contribution in [2.75, 3.05) is 26.2 Å². The van der Waals surface area contributed by atoms with E-state index in [1.807, 2.05) is 0 Å². The first-order valence-corrected chi connectivity index (χ1v) is 8.03. The van der Waals surface area contributed by atoms with E-state index in [0.29, 0.717) is 26.2 Å². The number of ether oxygens (including phenoxy) is 1. The standard InChI is InChI=1S/C17H20N2O6/c1-17(2,3)25-16(23)19-8-6-18(7-9-19)14(20)12-10-4-5-11(24-10)13(12)15(21)22/h4-5H,6-9H2,1-3H3,(H,21,22). The lowest BCUT2D eigenvalue weighted by atomic mass is 10.1. The first kappa shape index (κ1) is 17.1. The monoisotopic (exact) mass is 348 g/mol. The molecule has 25 heavy (non-hydrogen) atoms. The Morgan fingerprint density at radius 3 is 2.04 bits per heavy atom. The van der Waals surface area contributed by atoms with Gasteiger partial charge in [-0.3, -0.25) is 4.79 Å². The Morgan fingerprint density at radius 2 is 1.52 bits per heavy atom. The van der Waals surface area contributed by atoms with Crippen LogP contribution in [0.2, 0.25) is 0 Å². The Labute approximate surface area is 144 Å². The molecule has 0 spiro atoms. The average Bonchev–Trinajstić information content (AvgIpc) is 3.13. The number of hydrogen-bond donors (Lipinski definition) is 1. The van der Waals surface area contributed by atoms with Crippen LogP contribution in [-0.4, -0.2) is 64.7 Å². The van der Waals surface area contributed by atoms with Crippen LogP contribution in [0.4, 0.5) is 4.79 Å². The third kappa shape index (κ3) is 3.24. The van der Waals surface area contributed by atoms with E-state index < -0.39 is 23.6 Å². The maximum Gasteiger partial charge on any atom is 0.410 e. The maximum atomic E-state index is 12.7. The number of hydrogen-bond acceptors (Lipinski definition) is 5. The quantitative estimate of drug-likeness (QED) is 0.893. The Kier molecular flexibility index (Phi) is 4.06. The van der Waals surface area contributed by atoms with Crippen LogP contribution in [0.3, 0.4) is 0 Å². The average molecular weight is 348 g/mol. The fourth-order valence-corrected chi connectivity index (χ4v) is 2.85. The number of carboxylic acid groups (broad SMARTS) is 1. The second kappa shape index (κ2) is 5.94. The second-order valence-electron chi connectivity index (χ2n) is 6.98. The van der Waals surface area contributed by atoms with Crippen LogP contribution in [0, 0.1) is 0 Å². The van der Waals surface area contributed by atoms with Gasteiger partial charge in [-0.05, 0) is 32.9 Å². The fourth-order valence-electron chi connectivity index (χ4n) is 2.85. The van der Waals surface area contributed by atoms with E-state index in [9.17, 15) is 19.5 Å². The summed E-state index contributed by atoms with van der Waals surface area (Å²) in [7, 11) is 0. The summed E-state index contributed by atoms with van der Waals surface area (Å²) in [5.74, 6) is -1.58. The number of amides is 2. The molecule has 0 unspecified atom stereocenters. The molecule has 134 valence electrons. The molecule has 1 N–H and O–H groups in total. The van der Waals surface area contributed by atoms with Crippen molar-refractivity contribution in [2.24, 2.45) is 0 Å². The van der Waals surface area contributed by atoms with Gasteiger partial charge in [0.25, 0.3) is 5.91 Å². The SMILES string of the molecule is CC(C)(C)OC(=O)N1CCN(C(=O)c2c(C(=O)O)c3ccc2o3)CC1. The highest BCUT2D eigenvalue weighted by atomic mass is 16.6. The van der Waals surface area contributed by atoms with Gasteiger partial charge in [-0.15, -0.1) is 0 Å². The van der Waals surface area contributed by atoms with E-state index in [1.165, 1.54) is 11.0 Å². The highest BCUT2D eigenvalue weighted by Gasteiger charge is 2.33. The van der Waals surface area contributed by atoms with Crippen LogP contribution >= 0.6 is 0 Å². The predicted octanol–water partition coefficient (Wildman–Crippen LogP) is 2.26. The molecule has 2 aromatic heterocycles. The first-order chi connectivity index (χ1) is 11.7. The van der Waals surface area contributed by atoms with E-state index in [-0.39, 0.29) is 22.3 Å². The van der Waals surface area contributed by atoms with E-state index in [0.717, 1.165) is 0 Å². The number of carbonyl (C=O) groups is 3. The number of aromatic carboxylic acids is 1. The summed E-state index contributed by atoms with van der Waals surface area (Å²) in [4.78, 5) is 39.3. The Hall–Kier alpha value is -2.77. The molecule has 0 radical (unpaired) electrons. The van der Waals surface area contributed by atoms with Gasteiger partial charge in [0.05, 0.1) is 0 Å². The number of carboxylic acids is 1. The zero-order valence-corrected chi connectivity index (χ0v) is 14.4. The van der Waals surface area contributed by atoms with Gasteiger partial charge in [0.2, 0.25) is 0 Å². The molecule has 2 amide bonds. The van der Waals surface area contributed by atoms with Gasteiger partial charge in [-0.2, -0.15) is 0 Å². The third-order valence-electron chi connectivity index (χ3n) is 4.00. The summed E-state index contributed by atoms with van der Waals surface area (Å²) in [6.45, 7) is 6.66. The summed E-state index contributed by atoms with van der Waals surface area (Å²) in [6, 6.07) is 3.13. The number of benzene rings is 1. The number of carbonyl (C=O) groups excluding carboxylic acids is 2. The lowest BCUT2D eigenvalue weighted by molar-refractivity contribution is 0.0141. The molecule has 2 aromatic rings. The van der Waals surface area contributed by atoms with Crippen molar-refractivity contribution in [1.82, 2.24) is 9.80 Å². The smallest absolute Gasteiger partial charge is 0.410 e. The molecule has 8 nitrogen and oxygen atoms in total. The minimum absolute atomic E-state index is 0.0794. The van der Waals surface area contributed by atoms with Crippen molar-refractivity contribution < 1.29 is 28.6 Å². The van der Waals surface area contributed by atoms with Crippen molar-refractivity contribution in [3.05, 3.63) is 23.3 Å². The van der Waals surface area contributed by atoms with Gasteiger partial charge in [0.15, 0.2) is 0 Å². The molecule has 0 saturated carbocycles. The van der Waals surface area contributed by atoms with E-state index in [2.05, 4.69) is 0 Å². The third-order valence-corrected chi connectivity index (χ3v) is 4.00. The molecule has 1 aliphatic heterocycles. The Morgan fingerprint density at radius 1 is 1.00 bits per heavy atom. The highest BCUT2D eigenvalue weighted by molar-refractivity contribution is 6.14. The summed E-state index contributed by atoms with van der Waals surface area (Å²) >= 11 is 0. The van der Waals surface area contributed by atoms with Crippen molar-refractivity contribution in [2.45, 2.75) is 26.4 Å². The second-order valence-corrected chi connectivity index (χ2v) is 6.98. The van der Waals surface area contributed by atoms with Crippen LogP contribution in [0.5, 0.6) is 0 Å². The molecular formula is C17H20N2O6. The van der Waals surface area contributed by atoms with Gasteiger partial charge in [0, 0.05) is 26.2 Å². The maximum absolute atomic E-state index is 12.7. The van der Waals surface area contributed by atoms with E-state index >= 15 is 0 Å². The zero-order chi connectivity index (χ0) is 18.4.